The highest BCUT2D eigenvalue weighted by Gasteiger charge is 2.13. The summed E-state index contributed by atoms with van der Waals surface area (Å²) < 4.78 is 0.696. The van der Waals surface area contributed by atoms with Crippen molar-refractivity contribution in [1.29, 1.82) is 0 Å². The predicted octanol–water partition coefficient (Wildman–Crippen LogP) is 3.24. The molecule has 0 heterocycles. The summed E-state index contributed by atoms with van der Waals surface area (Å²) in [6.07, 6.45) is 2.73. The third-order valence-electron chi connectivity index (χ3n) is 2.63. The van der Waals surface area contributed by atoms with Gasteiger partial charge in [-0.25, -0.2) is 0 Å². The van der Waals surface area contributed by atoms with Gasteiger partial charge in [0.05, 0.1) is 4.92 Å². The Morgan fingerprint density at radius 1 is 1.39 bits per heavy atom. The molecule has 0 aliphatic rings. The Morgan fingerprint density at radius 3 is 2.72 bits per heavy atom. The van der Waals surface area contributed by atoms with Gasteiger partial charge in [0.25, 0.3) is 5.69 Å². The molecule has 0 atom stereocenters. The monoisotopic (exact) mass is 316 g/mol. The minimum Gasteiger partial charge on any atom is -0.396 e. The molecule has 0 aromatic heterocycles. The number of aliphatic hydroxyl groups is 1. The number of anilines is 1. The molecule has 0 aliphatic carbocycles. The van der Waals surface area contributed by atoms with Crippen LogP contribution in [0.25, 0.3) is 0 Å². The van der Waals surface area contributed by atoms with E-state index in [1.807, 2.05) is 0 Å². The molecule has 0 bridgehead atoms. The van der Waals surface area contributed by atoms with Crippen molar-refractivity contribution in [1.82, 2.24) is 0 Å². The zero-order valence-corrected chi connectivity index (χ0v) is 11.9. The lowest BCUT2D eigenvalue weighted by Gasteiger charge is -2.09. The highest BCUT2D eigenvalue weighted by atomic mass is 79.9. The second kappa shape index (κ2) is 7.33. The van der Waals surface area contributed by atoms with Crippen LogP contribution in [-0.2, 0) is 0 Å². The lowest BCUT2D eigenvalue weighted by Crippen LogP contribution is -2.03. The molecule has 0 fully saturated rings. The van der Waals surface area contributed by atoms with Crippen LogP contribution in [0.5, 0.6) is 0 Å². The van der Waals surface area contributed by atoms with Gasteiger partial charge in [-0.1, -0.05) is 0 Å². The average molecular weight is 317 g/mol. The van der Waals surface area contributed by atoms with Crippen LogP contribution < -0.4 is 5.32 Å². The van der Waals surface area contributed by atoms with E-state index in [9.17, 15) is 10.1 Å². The van der Waals surface area contributed by atoms with E-state index < -0.39 is 0 Å². The molecule has 5 nitrogen and oxygen atoms in total. The van der Waals surface area contributed by atoms with Crippen LogP contribution in [0.2, 0.25) is 0 Å². The Hall–Kier alpha value is -1.14. The number of nitro groups is 1. The van der Waals surface area contributed by atoms with Crippen LogP contribution in [0.4, 0.5) is 11.4 Å². The first-order valence-corrected chi connectivity index (χ1v) is 6.65. The number of nitrogens with one attached hydrogen (secondary N) is 1. The lowest BCUT2D eigenvalue weighted by molar-refractivity contribution is -0.385. The molecule has 1 aromatic carbocycles. The summed E-state index contributed by atoms with van der Waals surface area (Å²) in [5, 5.41) is 22.6. The van der Waals surface area contributed by atoms with Gasteiger partial charge in [-0.2, -0.15) is 0 Å². The summed E-state index contributed by atoms with van der Waals surface area (Å²) in [7, 11) is 0. The van der Waals surface area contributed by atoms with Crippen LogP contribution in [0.15, 0.2) is 16.6 Å². The Bertz CT molecular complexity index is 424. The minimum absolute atomic E-state index is 0.118. The summed E-state index contributed by atoms with van der Waals surface area (Å²) in [6.45, 7) is 2.73. The number of halogens is 1. The summed E-state index contributed by atoms with van der Waals surface area (Å²) in [5.41, 5.74) is 1.62. The van der Waals surface area contributed by atoms with Gasteiger partial charge < -0.3 is 10.4 Å². The molecule has 0 aliphatic heterocycles. The number of hydrogen-bond donors (Lipinski definition) is 2. The molecule has 6 heteroatoms. The fourth-order valence-electron chi connectivity index (χ4n) is 1.64. The maximum Gasteiger partial charge on any atom is 0.273 e. The molecule has 100 valence electrons. The summed E-state index contributed by atoms with van der Waals surface area (Å²) in [6, 6.07) is 3.29. The van der Waals surface area contributed by atoms with E-state index in [0.29, 0.717) is 10.0 Å². The zero-order valence-electron chi connectivity index (χ0n) is 10.3. The molecule has 2 N–H and O–H groups in total. The van der Waals surface area contributed by atoms with Crippen molar-refractivity contribution in [3.63, 3.8) is 0 Å². The zero-order chi connectivity index (χ0) is 13.5. The first kappa shape index (κ1) is 14.9. The van der Waals surface area contributed by atoms with E-state index in [1.54, 1.807) is 13.0 Å². The van der Waals surface area contributed by atoms with Crippen LogP contribution in [0.1, 0.15) is 24.8 Å². The van der Waals surface area contributed by atoms with Gasteiger partial charge in [-0.15, -0.1) is 0 Å². The Labute approximate surface area is 114 Å². The Morgan fingerprint density at radius 2 is 2.11 bits per heavy atom. The van der Waals surface area contributed by atoms with Gasteiger partial charge in [-0.3, -0.25) is 10.1 Å². The van der Waals surface area contributed by atoms with E-state index in [4.69, 9.17) is 5.11 Å². The normalized spacial score (nSPS) is 10.4. The fourth-order valence-corrected chi connectivity index (χ4v) is 2.11. The second-order valence-corrected chi connectivity index (χ2v) is 4.94. The predicted molar refractivity (Wildman–Crippen MR) is 75.0 cm³/mol. The minimum atomic E-state index is -0.384. The molecule has 0 amide bonds. The SMILES string of the molecule is Cc1cc(NCCCCCO)c(Br)cc1[N+](=O)[O-]. The highest BCUT2D eigenvalue weighted by Crippen LogP contribution is 2.30. The van der Waals surface area contributed by atoms with Crippen molar-refractivity contribution >= 4 is 27.3 Å². The van der Waals surface area contributed by atoms with Crippen molar-refractivity contribution in [2.24, 2.45) is 0 Å². The maximum atomic E-state index is 10.8. The number of aryl methyl sites for hydroxylation is 1. The maximum absolute atomic E-state index is 10.8. The van der Waals surface area contributed by atoms with Gasteiger partial charge in [-0.05, 0) is 48.2 Å². The van der Waals surface area contributed by atoms with Crippen LogP contribution in [-0.4, -0.2) is 23.2 Å². The van der Waals surface area contributed by atoms with E-state index in [0.717, 1.165) is 31.5 Å². The Kier molecular flexibility index (Phi) is 6.07. The number of nitrogens with zero attached hydrogens (tertiary/aromatic N) is 1. The van der Waals surface area contributed by atoms with Crippen LogP contribution in [0, 0.1) is 17.0 Å². The van der Waals surface area contributed by atoms with Gasteiger partial charge >= 0.3 is 0 Å². The number of hydrogen-bond acceptors (Lipinski definition) is 4. The standard InChI is InChI=1S/C12H17BrN2O3/c1-9-7-11(14-5-3-2-4-6-16)10(13)8-12(9)15(17)18/h7-8,14,16H,2-6H2,1H3. The van der Waals surface area contributed by atoms with E-state index in [1.165, 1.54) is 6.07 Å². The molecule has 18 heavy (non-hydrogen) atoms. The summed E-state index contributed by atoms with van der Waals surface area (Å²) in [4.78, 5) is 10.4. The molecule has 0 saturated heterocycles. The topological polar surface area (TPSA) is 75.4 Å². The van der Waals surface area contributed by atoms with Gasteiger partial charge in [0, 0.05) is 34.9 Å². The number of benzene rings is 1. The number of unbranched alkanes of at least 4 members (excludes halogenated alkanes) is 2. The van der Waals surface area contributed by atoms with E-state index >= 15 is 0 Å². The molecule has 0 unspecified atom stereocenters. The van der Waals surface area contributed by atoms with Crippen molar-refractivity contribution in [2.75, 3.05) is 18.5 Å². The molecular formula is C12H17BrN2O3. The molecule has 0 radical (unpaired) electrons. The van der Waals surface area contributed by atoms with E-state index in [-0.39, 0.29) is 17.2 Å². The van der Waals surface area contributed by atoms with Crippen molar-refractivity contribution in [2.45, 2.75) is 26.2 Å². The third-order valence-corrected chi connectivity index (χ3v) is 3.29. The van der Waals surface area contributed by atoms with Gasteiger partial charge in [0.1, 0.15) is 0 Å². The van der Waals surface area contributed by atoms with Crippen molar-refractivity contribution < 1.29 is 10.0 Å². The van der Waals surface area contributed by atoms with Gasteiger partial charge in [0.2, 0.25) is 0 Å². The van der Waals surface area contributed by atoms with Crippen LogP contribution in [0.3, 0.4) is 0 Å². The molecular weight excluding hydrogens is 300 g/mol. The number of rotatable bonds is 7. The molecule has 1 aromatic rings. The number of nitro benzene ring substituents is 1. The average Bonchev–Trinajstić information content (AvgIpc) is 2.32. The second-order valence-electron chi connectivity index (χ2n) is 4.09. The molecule has 1 rings (SSSR count). The van der Waals surface area contributed by atoms with Crippen molar-refractivity contribution in [3.05, 3.63) is 32.3 Å². The van der Waals surface area contributed by atoms with Crippen LogP contribution >= 0.6 is 15.9 Å². The fraction of sp³-hybridized carbons (Fsp3) is 0.500. The largest absolute Gasteiger partial charge is 0.396 e. The first-order chi connectivity index (χ1) is 8.56. The highest BCUT2D eigenvalue weighted by molar-refractivity contribution is 9.10. The Balaban J connectivity index is 2.62. The summed E-state index contributed by atoms with van der Waals surface area (Å²) in [5.74, 6) is 0. The molecule has 0 saturated carbocycles. The summed E-state index contributed by atoms with van der Waals surface area (Å²) >= 11 is 3.33. The first-order valence-electron chi connectivity index (χ1n) is 5.85. The van der Waals surface area contributed by atoms with E-state index in [2.05, 4.69) is 21.2 Å². The lowest BCUT2D eigenvalue weighted by atomic mass is 10.1. The van der Waals surface area contributed by atoms with Gasteiger partial charge in [0.15, 0.2) is 0 Å². The quantitative estimate of drug-likeness (QED) is 0.460. The smallest absolute Gasteiger partial charge is 0.273 e. The molecule has 0 spiro atoms. The van der Waals surface area contributed by atoms with Crippen molar-refractivity contribution in [3.8, 4) is 0 Å². The third kappa shape index (κ3) is 4.27. The number of aliphatic hydroxyl groups excluding tert-OH is 1.